The van der Waals surface area contributed by atoms with Crippen LogP contribution < -0.4 is 5.32 Å². The van der Waals surface area contributed by atoms with Crippen LogP contribution in [0.1, 0.15) is 6.92 Å². The van der Waals surface area contributed by atoms with Crippen molar-refractivity contribution in [1.82, 2.24) is 9.55 Å². The highest BCUT2D eigenvalue weighted by Crippen LogP contribution is 2.32. The average Bonchev–Trinajstić information content (AvgIpc) is 3.05. The minimum Gasteiger partial charge on any atom is -0.323 e. The maximum atomic E-state index is 13.7. The molecule has 0 saturated carbocycles. The summed E-state index contributed by atoms with van der Waals surface area (Å²) in [6.45, 7) is 0.151. The number of carbonyl (C=O) groups is 1. The standard InChI is InChI=1S/C20H16F5N3OS/c1-12(18(29)27-16-9-14(21)7-8-15(16)22)30-19-26-10-17(13-5-3-2-4-6-13)28(19)11-20(23,24)25/h2-10,12H,11H2,1H3,(H,27,29). The molecule has 0 bridgehead atoms. The van der Waals surface area contributed by atoms with Gasteiger partial charge in [0.15, 0.2) is 5.16 Å². The van der Waals surface area contributed by atoms with Crippen molar-refractivity contribution >= 4 is 23.4 Å². The van der Waals surface area contributed by atoms with Gasteiger partial charge in [0.05, 0.1) is 22.8 Å². The van der Waals surface area contributed by atoms with E-state index in [9.17, 15) is 26.7 Å². The third-order valence-corrected chi connectivity index (χ3v) is 5.17. The molecule has 0 aliphatic carbocycles. The number of thioether (sulfide) groups is 1. The molecule has 2 aromatic carbocycles. The number of hydrogen-bond donors (Lipinski definition) is 1. The first kappa shape index (κ1) is 21.8. The zero-order chi connectivity index (χ0) is 21.9. The predicted octanol–water partition coefficient (Wildman–Crippen LogP) is 5.51. The van der Waals surface area contributed by atoms with Crippen molar-refractivity contribution in [2.45, 2.75) is 30.1 Å². The van der Waals surface area contributed by atoms with Gasteiger partial charge in [-0.2, -0.15) is 13.2 Å². The van der Waals surface area contributed by atoms with Gasteiger partial charge in [0.1, 0.15) is 18.2 Å². The number of halogens is 5. The summed E-state index contributed by atoms with van der Waals surface area (Å²) in [5, 5.41) is 1.30. The Labute approximate surface area is 173 Å². The average molecular weight is 441 g/mol. The van der Waals surface area contributed by atoms with E-state index in [1.54, 1.807) is 30.3 Å². The van der Waals surface area contributed by atoms with Crippen LogP contribution >= 0.6 is 11.8 Å². The van der Waals surface area contributed by atoms with Crippen molar-refractivity contribution in [3.63, 3.8) is 0 Å². The lowest BCUT2D eigenvalue weighted by Crippen LogP contribution is -2.24. The molecule has 1 unspecified atom stereocenters. The van der Waals surface area contributed by atoms with Gasteiger partial charge in [0.2, 0.25) is 5.91 Å². The molecule has 1 heterocycles. The summed E-state index contributed by atoms with van der Waals surface area (Å²) in [6, 6.07) is 11.0. The number of alkyl halides is 3. The Kier molecular flexibility index (Phi) is 6.45. The molecule has 1 aromatic heterocycles. The lowest BCUT2D eigenvalue weighted by Gasteiger charge is -2.16. The van der Waals surface area contributed by atoms with Gasteiger partial charge in [-0.05, 0) is 24.6 Å². The number of anilines is 1. The van der Waals surface area contributed by atoms with Crippen LogP contribution in [0.25, 0.3) is 11.3 Å². The van der Waals surface area contributed by atoms with E-state index >= 15 is 0 Å². The number of hydrogen-bond acceptors (Lipinski definition) is 3. The quantitative estimate of drug-likeness (QED) is 0.405. The fraction of sp³-hybridized carbons (Fsp3) is 0.200. The molecule has 0 fully saturated rings. The number of imidazole rings is 1. The van der Waals surface area contributed by atoms with Crippen LogP contribution in [-0.2, 0) is 11.3 Å². The molecule has 1 amide bonds. The molecular formula is C20H16F5N3OS. The zero-order valence-corrected chi connectivity index (χ0v) is 16.4. The first-order chi connectivity index (χ1) is 14.1. The molecule has 0 aliphatic heterocycles. The van der Waals surface area contributed by atoms with Gasteiger partial charge in [-0.25, -0.2) is 13.8 Å². The maximum Gasteiger partial charge on any atom is 0.406 e. The largest absolute Gasteiger partial charge is 0.406 e. The molecule has 0 spiro atoms. The van der Waals surface area contributed by atoms with Gasteiger partial charge in [-0.15, -0.1) is 0 Å². The van der Waals surface area contributed by atoms with Crippen LogP contribution in [0.15, 0.2) is 59.9 Å². The normalized spacial score (nSPS) is 12.6. The van der Waals surface area contributed by atoms with Gasteiger partial charge < -0.3 is 9.88 Å². The highest BCUT2D eigenvalue weighted by molar-refractivity contribution is 8.00. The van der Waals surface area contributed by atoms with Crippen molar-refractivity contribution < 1.29 is 26.7 Å². The van der Waals surface area contributed by atoms with E-state index in [2.05, 4.69) is 10.3 Å². The van der Waals surface area contributed by atoms with E-state index in [0.717, 1.165) is 34.5 Å². The van der Waals surface area contributed by atoms with Crippen molar-refractivity contribution in [2.24, 2.45) is 0 Å². The smallest absolute Gasteiger partial charge is 0.323 e. The second-order valence-corrected chi connectivity index (χ2v) is 7.67. The summed E-state index contributed by atoms with van der Waals surface area (Å²) in [7, 11) is 0. The highest BCUT2D eigenvalue weighted by atomic mass is 32.2. The Morgan fingerprint density at radius 1 is 1.17 bits per heavy atom. The van der Waals surface area contributed by atoms with Crippen molar-refractivity contribution in [3.05, 3.63) is 66.4 Å². The summed E-state index contributed by atoms with van der Waals surface area (Å²) in [4.78, 5) is 16.4. The Bertz CT molecular complexity index is 1040. The number of amides is 1. The monoisotopic (exact) mass is 441 g/mol. The van der Waals surface area contributed by atoms with Crippen LogP contribution in [-0.4, -0.2) is 26.9 Å². The third-order valence-electron chi connectivity index (χ3n) is 4.06. The minimum atomic E-state index is -4.50. The second-order valence-electron chi connectivity index (χ2n) is 6.37. The molecule has 0 saturated heterocycles. The number of nitrogens with one attached hydrogen (secondary N) is 1. The molecule has 1 atom stereocenters. The lowest BCUT2D eigenvalue weighted by atomic mass is 10.2. The number of nitrogens with zero attached hydrogens (tertiary/aromatic N) is 2. The number of benzene rings is 2. The molecule has 4 nitrogen and oxygen atoms in total. The van der Waals surface area contributed by atoms with Gasteiger partial charge >= 0.3 is 6.18 Å². The Morgan fingerprint density at radius 3 is 2.53 bits per heavy atom. The molecule has 0 radical (unpaired) electrons. The maximum absolute atomic E-state index is 13.7. The fourth-order valence-electron chi connectivity index (χ4n) is 2.66. The van der Waals surface area contributed by atoms with E-state index in [4.69, 9.17) is 0 Å². The van der Waals surface area contributed by atoms with Gasteiger partial charge in [0.25, 0.3) is 0 Å². The van der Waals surface area contributed by atoms with Crippen LogP contribution in [0.5, 0.6) is 0 Å². The van der Waals surface area contributed by atoms with Crippen LogP contribution in [0.3, 0.4) is 0 Å². The lowest BCUT2D eigenvalue weighted by molar-refractivity contribution is -0.141. The van der Waals surface area contributed by atoms with Gasteiger partial charge in [-0.1, -0.05) is 42.1 Å². The minimum absolute atomic E-state index is 0.0199. The number of rotatable bonds is 6. The van der Waals surface area contributed by atoms with Crippen molar-refractivity contribution in [3.8, 4) is 11.3 Å². The summed E-state index contributed by atoms with van der Waals surface area (Å²) < 4.78 is 67.4. The molecule has 1 N–H and O–H groups in total. The molecule has 0 aliphatic rings. The fourth-order valence-corrected chi connectivity index (χ4v) is 3.55. The summed E-state index contributed by atoms with van der Waals surface area (Å²) >= 11 is 0.787. The van der Waals surface area contributed by atoms with Crippen molar-refractivity contribution in [2.75, 3.05) is 5.32 Å². The van der Waals surface area contributed by atoms with Gasteiger partial charge in [0, 0.05) is 6.07 Å². The van der Waals surface area contributed by atoms with E-state index in [1.807, 2.05) is 0 Å². The first-order valence-electron chi connectivity index (χ1n) is 8.74. The van der Waals surface area contributed by atoms with E-state index < -0.39 is 35.5 Å². The SMILES string of the molecule is CC(Sc1ncc(-c2ccccc2)n1CC(F)(F)F)C(=O)Nc1cc(F)ccc1F. The second kappa shape index (κ2) is 8.86. The summed E-state index contributed by atoms with van der Waals surface area (Å²) in [5.74, 6) is -2.26. The molecule has 10 heteroatoms. The van der Waals surface area contributed by atoms with Crippen molar-refractivity contribution in [1.29, 1.82) is 0 Å². The van der Waals surface area contributed by atoms with E-state index in [-0.39, 0.29) is 16.5 Å². The number of aromatic nitrogens is 2. The van der Waals surface area contributed by atoms with Crippen LogP contribution in [0, 0.1) is 11.6 Å². The molecule has 3 rings (SSSR count). The Hall–Kier alpha value is -2.88. The summed E-state index contributed by atoms with van der Waals surface area (Å²) in [5.41, 5.74) is 0.440. The van der Waals surface area contributed by atoms with Crippen LogP contribution in [0.2, 0.25) is 0 Å². The van der Waals surface area contributed by atoms with E-state index in [0.29, 0.717) is 5.56 Å². The third kappa shape index (κ3) is 5.38. The first-order valence-corrected chi connectivity index (χ1v) is 9.62. The van der Waals surface area contributed by atoms with E-state index in [1.165, 1.54) is 13.1 Å². The topological polar surface area (TPSA) is 46.9 Å². The molecular weight excluding hydrogens is 425 g/mol. The zero-order valence-electron chi connectivity index (χ0n) is 15.6. The number of carbonyl (C=O) groups excluding carboxylic acids is 1. The molecule has 3 aromatic rings. The Morgan fingerprint density at radius 2 is 1.87 bits per heavy atom. The molecule has 30 heavy (non-hydrogen) atoms. The Balaban J connectivity index is 1.83. The van der Waals surface area contributed by atoms with Gasteiger partial charge in [-0.3, -0.25) is 4.79 Å². The highest BCUT2D eigenvalue weighted by Gasteiger charge is 2.31. The molecule has 158 valence electrons. The summed E-state index contributed by atoms with van der Waals surface area (Å²) in [6.07, 6.45) is -3.20. The predicted molar refractivity (Wildman–Crippen MR) is 104 cm³/mol. The van der Waals surface area contributed by atoms with Crippen LogP contribution in [0.4, 0.5) is 27.6 Å².